The zero-order valence-electron chi connectivity index (χ0n) is 12.1. The van der Waals surface area contributed by atoms with Crippen molar-refractivity contribution in [3.63, 3.8) is 0 Å². The van der Waals surface area contributed by atoms with E-state index in [2.05, 4.69) is 30.5 Å². The smallest absolute Gasteiger partial charge is 0.228 e. The first kappa shape index (κ1) is 13.4. The number of allylic oxidation sites excluding steroid dienone is 2. The summed E-state index contributed by atoms with van der Waals surface area (Å²) in [7, 11) is 0. The van der Waals surface area contributed by atoms with Gasteiger partial charge in [-0.2, -0.15) is 0 Å². The molecular weight excluding hydrogens is 246 g/mol. The van der Waals surface area contributed by atoms with E-state index in [1.54, 1.807) is 0 Å². The lowest BCUT2D eigenvalue weighted by Gasteiger charge is -2.09. The molecule has 1 saturated carbocycles. The highest BCUT2D eigenvalue weighted by molar-refractivity contribution is 5.95. The van der Waals surface area contributed by atoms with Gasteiger partial charge in [0, 0.05) is 11.6 Å². The lowest BCUT2D eigenvalue weighted by Crippen LogP contribution is -2.16. The van der Waals surface area contributed by atoms with E-state index in [9.17, 15) is 4.79 Å². The maximum atomic E-state index is 12.5. The van der Waals surface area contributed by atoms with Gasteiger partial charge in [0.25, 0.3) is 0 Å². The molecule has 2 unspecified atom stereocenters. The zero-order chi connectivity index (χ0) is 13.9. The molecule has 0 heterocycles. The van der Waals surface area contributed by atoms with Crippen LogP contribution in [0.1, 0.15) is 38.2 Å². The number of para-hydroxylation sites is 1. The van der Waals surface area contributed by atoms with Gasteiger partial charge in [0.05, 0.1) is 0 Å². The quantitative estimate of drug-likeness (QED) is 0.819. The maximum Gasteiger partial charge on any atom is 0.228 e. The van der Waals surface area contributed by atoms with Gasteiger partial charge >= 0.3 is 0 Å². The lowest BCUT2D eigenvalue weighted by atomic mass is 10.1. The molecule has 1 aromatic rings. The minimum atomic E-state index is 0.239. The molecule has 2 heteroatoms. The topological polar surface area (TPSA) is 29.1 Å². The number of benzene rings is 1. The van der Waals surface area contributed by atoms with Gasteiger partial charge in [-0.15, -0.1) is 0 Å². The van der Waals surface area contributed by atoms with Gasteiger partial charge in [-0.3, -0.25) is 4.79 Å². The number of anilines is 1. The van der Waals surface area contributed by atoms with Gasteiger partial charge in [0.1, 0.15) is 0 Å². The van der Waals surface area contributed by atoms with Gasteiger partial charge in [0.15, 0.2) is 0 Å². The number of amides is 1. The van der Waals surface area contributed by atoms with Gasteiger partial charge in [-0.1, -0.05) is 37.3 Å². The predicted molar refractivity (Wildman–Crippen MR) is 82.5 cm³/mol. The molecule has 0 aromatic heterocycles. The lowest BCUT2D eigenvalue weighted by molar-refractivity contribution is -0.117. The predicted octanol–water partition coefficient (Wildman–Crippen LogP) is 4.18. The van der Waals surface area contributed by atoms with Crippen LogP contribution >= 0.6 is 0 Å². The third-order valence-electron chi connectivity index (χ3n) is 4.79. The third kappa shape index (κ3) is 2.65. The van der Waals surface area contributed by atoms with Crippen molar-refractivity contribution in [3.8, 4) is 0 Å². The van der Waals surface area contributed by atoms with Crippen LogP contribution < -0.4 is 5.32 Å². The summed E-state index contributed by atoms with van der Waals surface area (Å²) in [5.41, 5.74) is 2.22. The Kier molecular flexibility index (Phi) is 3.90. The number of hydrogen-bond donors (Lipinski definition) is 1. The Morgan fingerprint density at radius 2 is 1.80 bits per heavy atom. The zero-order valence-corrected chi connectivity index (χ0v) is 12.1. The summed E-state index contributed by atoms with van der Waals surface area (Å²) in [6, 6.07) is 8.14. The van der Waals surface area contributed by atoms with Crippen molar-refractivity contribution in [2.75, 3.05) is 5.32 Å². The van der Waals surface area contributed by atoms with Gasteiger partial charge in [-0.25, -0.2) is 0 Å². The Balaban J connectivity index is 1.66. The van der Waals surface area contributed by atoms with Crippen LogP contribution in [0.25, 0.3) is 0 Å². The van der Waals surface area contributed by atoms with Crippen molar-refractivity contribution in [2.24, 2.45) is 17.8 Å². The Bertz CT molecular complexity index is 504. The first-order chi connectivity index (χ1) is 9.81. The molecule has 106 valence electrons. The summed E-state index contributed by atoms with van der Waals surface area (Å²) in [6.45, 7) is 2.13. The summed E-state index contributed by atoms with van der Waals surface area (Å²) < 4.78 is 0. The largest absolute Gasteiger partial charge is 0.326 e. The number of rotatable bonds is 3. The molecule has 1 amide bonds. The fraction of sp³-hybridized carbons (Fsp3) is 0.500. The molecule has 1 N–H and O–H groups in total. The fourth-order valence-electron chi connectivity index (χ4n) is 3.60. The van der Waals surface area contributed by atoms with E-state index >= 15 is 0 Å². The van der Waals surface area contributed by atoms with Crippen LogP contribution in [0.4, 0.5) is 5.69 Å². The first-order valence-electron chi connectivity index (χ1n) is 7.85. The Labute approximate surface area is 121 Å². The van der Waals surface area contributed by atoms with Crippen molar-refractivity contribution in [1.29, 1.82) is 0 Å². The molecule has 20 heavy (non-hydrogen) atoms. The maximum absolute atomic E-state index is 12.5. The molecule has 0 aliphatic heterocycles. The highest BCUT2D eigenvalue weighted by Gasteiger charge is 2.53. The summed E-state index contributed by atoms with van der Waals surface area (Å²) in [5.74, 6) is 1.73. The molecule has 2 aliphatic carbocycles. The molecule has 3 rings (SSSR count). The minimum absolute atomic E-state index is 0.239. The molecule has 0 saturated heterocycles. The second kappa shape index (κ2) is 5.82. The number of fused-ring (bicyclic) bond motifs is 1. The normalized spacial score (nSPS) is 28.1. The van der Waals surface area contributed by atoms with Crippen molar-refractivity contribution in [1.82, 2.24) is 0 Å². The van der Waals surface area contributed by atoms with Crippen molar-refractivity contribution in [2.45, 2.75) is 39.0 Å². The standard InChI is InChI=1S/C18H23NO/c1-2-13-9-7-8-12-16(13)19-18(20)17-14-10-5-3-4-6-11-15(14)17/h3-4,7-9,12,14-15,17H,2,5-6,10-11H2,1H3,(H,19,20). The molecule has 0 radical (unpaired) electrons. The van der Waals surface area contributed by atoms with E-state index in [0.717, 1.165) is 24.9 Å². The summed E-state index contributed by atoms with van der Waals surface area (Å²) in [5, 5.41) is 3.16. The average Bonchev–Trinajstić information content (AvgIpc) is 3.10. The molecule has 2 aliphatic rings. The Morgan fingerprint density at radius 1 is 1.15 bits per heavy atom. The highest BCUT2D eigenvalue weighted by atomic mass is 16.2. The van der Waals surface area contributed by atoms with Crippen molar-refractivity contribution in [3.05, 3.63) is 42.0 Å². The number of hydrogen-bond acceptors (Lipinski definition) is 1. The summed E-state index contributed by atoms with van der Waals surface area (Å²) in [4.78, 5) is 12.5. The van der Waals surface area contributed by atoms with E-state index in [-0.39, 0.29) is 11.8 Å². The summed E-state index contributed by atoms with van der Waals surface area (Å²) >= 11 is 0. The molecule has 1 fully saturated rings. The van der Waals surface area contributed by atoms with E-state index in [0.29, 0.717) is 11.8 Å². The monoisotopic (exact) mass is 269 g/mol. The van der Waals surface area contributed by atoms with E-state index in [1.807, 2.05) is 18.2 Å². The van der Waals surface area contributed by atoms with E-state index in [4.69, 9.17) is 0 Å². The van der Waals surface area contributed by atoms with Crippen LogP contribution in [0.15, 0.2) is 36.4 Å². The molecular formula is C18H23NO. The second-order valence-corrected chi connectivity index (χ2v) is 5.98. The Hall–Kier alpha value is -1.57. The van der Waals surface area contributed by atoms with Crippen LogP contribution in [-0.2, 0) is 11.2 Å². The van der Waals surface area contributed by atoms with Crippen LogP contribution in [0.5, 0.6) is 0 Å². The van der Waals surface area contributed by atoms with E-state index < -0.39 is 0 Å². The van der Waals surface area contributed by atoms with Crippen molar-refractivity contribution >= 4 is 11.6 Å². The van der Waals surface area contributed by atoms with Crippen molar-refractivity contribution < 1.29 is 4.79 Å². The summed E-state index contributed by atoms with van der Waals surface area (Å²) in [6.07, 6.45) is 10.1. The number of aryl methyl sites for hydroxylation is 1. The Morgan fingerprint density at radius 3 is 2.45 bits per heavy atom. The van der Waals surface area contributed by atoms with Crippen LogP contribution in [0.3, 0.4) is 0 Å². The third-order valence-corrected chi connectivity index (χ3v) is 4.79. The SMILES string of the molecule is CCc1ccccc1NC(=O)C1C2CCC=CCCC21. The highest BCUT2D eigenvalue weighted by Crippen LogP contribution is 2.53. The second-order valence-electron chi connectivity index (χ2n) is 5.98. The molecule has 0 bridgehead atoms. The molecule has 2 atom stereocenters. The number of carbonyl (C=O) groups excluding carboxylic acids is 1. The molecule has 1 aromatic carbocycles. The van der Waals surface area contributed by atoms with Gasteiger partial charge in [-0.05, 0) is 55.6 Å². The fourth-order valence-corrected chi connectivity index (χ4v) is 3.60. The van der Waals surface area contributed by atoms with Crippen LogP contribution in [0, 0.1) is 17.8 Å². The van der Waals surface area contributed by atoms with Gasteiger partial charge in [0.2, 0.25) is 5.91 Å². The molecule has 0 spiro atoms. The van der Waals surface area contributed by atoms with Crippen LogP contribution in [-0.4, -0.2) is 5.91 Å². The van der Waals surface area contributed by atoms with Gasteiger partial charge < -0.3 is 5.32 Å². The number of carbonyl (C=O) groups is 1. The van der Waals surface area contributed by atoms with E-state index in [1.165, 1.54) is 18.4 Å². The average molecular weight is 269 g/mol. The first-order valence-corrected chi connectivity index (χ1v) is 7.85. The molecule has 2 nitrogen and oxygen atoms in total. The number of nitrogens with one attached hydrogen (secondary N) is 1. The minimum Gasteiger partial charge on any atom is -0.326 e. The van der Waals surface area contributed by atoms with Crippen LogP contribution in [0.2, 0.25) is 0 Å².